The minimum Gasteiger partial charge on any atom is -0.365 e. The van der Waals surface area contributed by atoms with E-state index >= 15 is 0 Å². The number of amides is 3. The smallest absolute Gasteiger partial charge is 0.251 e. The van der Waals surface area contributed by atoms with Crippen molar-refractivity contribution >= 4 is 34.1 Å². The molecule has 1 saturated heterocycles. The van der Waals surface area contributed by atoms with Crippen LogP contribution in [0.1, 0.15) is 52.5 Å². The van der Waals surface area contributed by atoms with E-state index in [2.05, 4.69) is 15.5 Å². The van der Waals surface area contributed by atoms with Crippen molar-refractivity contribution in [1.82, 2.24) is 10.2 Å². The van der Waals surface area contributed by atoms with E-state index in [9.17, 15) is 18.8 Å². The van der Waals surface area contributed by atoms with Crippen LogP contribution in [-0.4, -0.2) is 41.8 Å². The van der Waals surface area contributed by atoms with Gasteiger partial charge in [-0.15, -0.1) is 11.3 Å². The lowest BCUT2D eigenvalue weighted by Gasteiger charge is -2.34. The molecule has 3 amide bonds. The molecule has 0 spiro atoms. The summed E-state index contributed by atoms with van der Waals surface area (Å²) in [6.07, 6.45) is 4.08. The predicted octanol–water partition coefficient (Wildman–Crippen LogP) is 2.83. The molecule has 1 unspecified atom stereocenters. The van der Waals surface area contributed by atoms with Crippen LogP contribution in [0.15, 0.2) is 24.3 Å². The number of primary amides is 1. The molecule has 0 radical (unpaired) electrons. The van der Waals surface area contributed by atoms with E-state index in [1.54, 1.807) is 12.1 Å². The summed E-state index contributed by atoms with van der Waals surface area (Å²) in [5, 5.41) is 6.40. The second kappa shape index (κ2) is 10.0. The average molecular weight is 473 g/mol. The number of fused-ring (bicyclic) bond motifs is 1. The second-order valence-electron chi connectivity index (χ2n) is 8.75. The first-order chi connectivity index (χ1) is 15.8. The summed E-state index contributed by atoms with van der Waals surface area (Å²) >= 11 is 1.45. The van der Waals surface area contributed by atoms with E-state index < -0.39 is 5.91 Å². The Bertz CT molecular complexity index is 1040. The van der Waals surface area contributed by atoms with Crippen molar-refractivity contribution in [3.8, 4) is 0 Å². The molecule has 4 rings (SSSR count). The van der Waals surface area contributed by atoms with Crippen molar-refractivity contribution in [2.75, 3.05) is 18.4 Å². The maximum atomic E-state index is 13.0. The van der Waals surface area contributed by atoms with Crippen molar-refractivity contribution in [2.24, 2.45) is 11.7 Å². The molecule has 7 nitrogen and oxygen atoms in total. The number of carbonyl (C=O) groups is 3. The molecular weight excluding hydrogens is 443 g/mol. The van der Waals surface area contributed by atoms with Gasteiger partial charge in [-0.3, -0.25) is 19.3 Å². The molecule has 2 aromatic rings. The van der Waals surface area contributed by atoms with Gasteiger partial charge in [-0.2, -0.15) is 0 Å². The lowest BCUT2D eigenvalue weighted by Crippen LogP contribution is -2.48. The topological polar surface area (TPSA) is 105 Å². The van der Waals surface area contributed by atoms with E-state index in [4.69, 9.17) is 5.73 Å². The van der Waals surface area contributed by atoms with Gasteiger partial charge in [0.25, 0.3) is 5.91 Å². The highest BCUT2D eigenvalue weighted by Gasteiger charge is 2.31. The molecule has 1 aromatic heterocycles. The molecule has 176 valence electrons. The van der Waals surface area contributed by atoms with Gasteiger partial charge >= 0.3 is 0 Å². The molecule has 0 saturated carbocycles. The first-order valence-corrected chi connectivity index (χ1v) is 12.2. The van der Waals surface area contributed by atoms with E-state index in [-0.39, 0.29) is 29.6 Å². The van der Waals surface area contributed by atoms with Crippen molar-refractivity contribution in [2.45, 2.75) is 51.6 Å². The van der Waals surface area contributed by atoms with Gasteiger partial charge in [0.2, 0.25) is 11.8 Å². The number of carbonyl (C=O) groups excluding carboxylic acids is 3. The molecule has 0 bridgehead atoms. The van der Waals surface area contributed by atoms with Crippen LogP contribution in [0.3, 0.4) is 0 Å². The zero-order chi connectivity index (χ0) is 23.5. The molecule has 1 aliphatic heterocycles. The number of nitrogens with one attached hydrogen (secondary N) is 2. The zero-order valence-corrected chi connectivity index (χ0v) is 19.5. The summed E-state index contributed by atoms with van der Waals surface area (Å²) < 4.78 is 13.0. The third-order valence-electron chi connectivity index (χ3n) is 6.61. The van der Waals surface area contributed by atoms with Gasteiger partial charge < -0.3 is 16.4 Å². The van der Waals surface area contributed by atoms with Crippen LogP contribution in [0.4, 0.5) is 9.39 Å². The highest BCUT2D eigenvalue weighted by molar-refractivity contribution is 7.17. The Morgan fingerprint density at radius 3 is 2.55 bits per heavy atom. The molecule has 1 atom stereocenters. The first-order valence-electron chi connectivity index (χ1n) is 11.3. The number of nitrogens with zero attached hydrogens (tertiary/aromatic N) is 1. The lowest BCUT2D eigenvalue weighted by molar-refractivity contribution is -0.127. The number of halogens is 1. The van der Waals surface area contributed by atoms with Crippen LogP contribution in [0.2, 0.25) is 0 Å². The number of nitrogens with two attached hydrogens (primary N) is 1. The number of piperidine rings is 1. The van der Waals surface area contributed by atoms with Crippen LogP contribution in [0.5, 0.6) is 0 Å². The molecule has 2 aliphatic rings. The van der Waals surface area contributed by atoms with Gasteiger partial charge in [-0.25, -0.2) is 4.39 Å². The summed E-state index contributed by atoms with van der Waals surface area (Å²) in [7, 11) is 0. The average Bonchev–Trinajstić information content (AvgIpc) is 3.38. The predicted molar refractivity (Wildman–Crippen MR) is 125 cm³/mol. The molecule has 4 N–H and O–H groups in total. The summed E-state index contributed by atoms with van der Waals surface area (Å²) in [4.78, 5) is 40.6. The minimum atomic E-state index is -0.496. The second-order valence-corrected chi connectivity index (χ2v) is 9.85. The van der Waals surface area contributed by atoms with Crippen molar-refractivity contribution in [1.29, 1.82) is 0 Å². The van der Waals surface area contributed by atoms with Crippen LogP contribution in [0, 0.1) is 11.7 Å². The Hall–Kier alpha value is -2.78. The third kappa shape index (κ3) is 5.25. The Morgan fingerprint density at radius 1 is 1.18 bits per heavy atom. The van der Waals surface area contributed by atoms with Crippen LogP contribution >= 0.6 is 11.3 Å². The van der Waals surface area contributed by atoms with E-state index in [1.165, 1.54) is 23.5 Å². The van der Waals surface area contributed by atoms with Crippen molar-refractivity contribution in [3.63, 3.8) is 0 Å². The molecule has 1 aromatic carbocycles. The third-order valence-corrected chi connectivity index (χ3v) is 7.82. The van der Waals surface area contributed by atoms with E-state index in [0.717, 1.165) is 35.3 Å². The summed E-state index contributed by atoms with van der Waals surface area (Å²) in [6.45, 7) is 3.47. The lowest BCUT2D eigenvalue weighted by atomic mass is 9.94. The number of anilines is 1. The summed E-state index contributed by atoms with van der Waals surface area (Å²) in [6, 6.07) is 5.69. The van der Waals surface area contributed by atoms with Gasteiger partial charge in [0.15, 0.2) is 0 Å². The monoisotopic (exact) mass is 472 g/mol. The quantitative estimate of drug-likeness (QED) is 0.576. The number of hydrogen-bond acceptors (Lipinski definition) is 5. The standard InChI is InChI=1S/C24H29FN4O3S/c1-14(22(31)28-24-20(21(26)30)18-3-2-4-19(18)33-24)29-11-9-16(10-12-29)23(32)27-13-15-5-7-17(25)8-6-15/h5-8,14,16H,2-4,9-13H2,1H3,(H2,26,30)(H,27,32)(H,28,31). The maximum absolute atomic E-state index is 13.0. The van der Waals surface area contributed by atoms with Crippen LogP contribution < -0.4 is 16.4 Å². The molecule has 1 fully saturated rings. The summed E-state index contributed by atoms with van der Waals surface area (Å²) in [5.74, 6) is -1.10. The molecular formula is C24H29FN4O3S. The largest absolute Gasteiger partial charge is 0.365 e. The molecule has 9 heteroatoms. The summed E-state index contributed by atoms with van der Waals surface area (Å²) in [5.41, 5.74) is 7.89. The van der Waals surface area contributed by atoms with Gasteiger partial charge in [0, 0.05) is 17.3 Å². The fourth-order valence-corrected chi connectivity index (χ4v) is 5.92. The normalized spacial score (nSPS) is 17.4. The Morgan fingerprint density at radius 2 is 1.88 bits per heavy atom. The fourth-order valence-electron chi connectivity index (χ4n) is 4.62. The van der Waals surface area contributed by atoms with Crippen molar-refractivity contribution in [3.05, 3.63) is 51.7 Å². The highest BCUT2D eigenvalue weighted by atomic mass is 32.1. The molecule has 1 aliphatic carbocycles. The number of hydrogen-bond donors (Lipinski definition) is 3. The molecule has 2 heterocycles. The number of thiophene rings is 1. The minimum absolute atomic E-state index is 0.0183. The van der Waals surface area contributed by atoms with Gasteiger partial charge in [0.05, 0.1) is 11.6 Å². The van der Waals surface area contributed by atoms with Crippen molar-refractivity contribution < 1.29 is 18.8 Å². The Balaban J connectivity index is 1.28. The van der Waals surface area contributed by atoms with Gasteiger partial charge in [0.1, 0.15) is 10.8 Å². The van der Waals surface area contributed by atoms with Gasteiger partial charge in [-0.05, 0) is 75.4 Å². The Labute approximate surface area is 196 Å². The zero-order valence-electron chi connectivity index (χ0n) is 18.7. The fraction of sp³-hybridized carbons (Fsp3) is 0.458. The number of likely N-dealkylation sites (tertiary alicyclic amines) is 1. The molecule has 33 heavy (non-hydrogen) atoms. The Kier molecular flexibility index (Phi) is 7.09. The number of benzene rings is 1. The van der Waals surface area contributed by atoms with E-state index in [1.807, 2.05) is 6.92 Å². The van der Waals surface area contributed by atoms with Gasteiger partial charge in [-0.1, -0.05) is 12.1 Å². The maximum Gasteiger partial charge on any atom is 0.251 e. The first kappa shape index (κ1) is 23.4. The van der Waals surface area contributed by atoms with Crippen LogP contribution in [0.25, 0.3) is 0 Å². The number of rotatable bonds is 7. The van der Waals surface area contributed by atoms with Crippen LogP contribution in [-0.2, 0) is 29.0 Å². The highest BCUT2D eigenvalue weighted by Crippen LogP contribution is 2.39. The van der Waals surface area contributed by atoms with E-state index in [0.29, 0.717) is 43.0 Å². The SMILES string of the molecule is CC(C(=O)Nc1sc2c(c1C(N)=O)CCC2)N1CCC(C(=O)NCc2ccc(F)cc2)CC1. The number of aryl methyl sites for hydroxylation is 1.